The van der Waals surface area contributed by atoms with E-state index < -0.39 is 0 Å². The van der Waals surface area contributed by atoms with Crippen LogP contribution in [0, 0.1) is 0 Å². The zero-order valence-electron chi connectivity index (χ0n) is 10.7. The summed E-state index contributed by atoms with van der Waals surface area (Å²) >= 11 is 5.58. The summed E-state index contributed by atoms with van der Waals surface area (Å²) in [5, 5.41) is 2.87. The van der Waals surface area contributed by atoms with Crippen LogP contribution in [0.2, 0.25) is 0 Å². The Kier molecular flexibility index (Phi) is 5.63. The van der Waals surface area contributed by atoms with Crippen LogP contribution in [-0.4, -0.2) is 25.0 Å². The zero-order chi connectivity index (χ0) is 13.5. The number of amides is 1. The molecule has 1 aliphatic rings. The Bertz CT molecular complexity index is 419. The van der Waals surface area contributed by atoms with Gasteiger partial charge in [0.25, 0.3) is 0 Å². The summed E-state index contributed by atoms with van der Waals surface area (Å²) < 4.78 is 10.9. The van der Waals surface area contributed by atoms with Gasteiger partial charge in [-0.2, -0.15) is 0 Å². The van der Waals surface area contributed by atoms with Gasteiger partial charge in [-0.25, -0.2) is 0 Å². The number of carbonyl (C=O) groups is 1. The predicted molar refractivity (Wildman–Crippen MR) is 74.3 cm³/mol. The molecule has 19 heavy (non-hydrogen) atoms. The van der Waals surface area contributed by atoms with Crippen LogP contribution in [0.4, 0.5) is 5.69 Å². The molecule has 0 radical (unpaired) electrons. The number of benzene rings is 1. The monoisotopic (exact) mass is 283 g/mol. The largest absolute Gasteiger partial charge is 0.346 e. The van der Waals surface area contributed by atoms with E-state index in [1.807, 2.05) is 24.3 Å². The second kappa shape index (κ2) is 7.48. The first-order valence-electron chi connectivity index (χ1n) is 6.48. The first-order chi connectivity index (χ1) is 9.29. The van der Waals surface area contributed by atoms with Crippen molar-refractivity contribution in [3.63, 3.8) is 0 Å². The molecule has 1 heterocycles. The fourth-order valence-corrected chi connectivity index (χ4v) is 2.11. The van der Waals surface area contributed by atoms with Crippen molar-refractivity contribution >= 4 is 23.2 Å². The van der Waals surface area contributed by atoms with Crippen molar-refractivity contribution < 1.29 is 14.3 Å². The number of halogens is 1. The van der Waals surface area contributed by atoms with Crippen molar-refractivity contribution in [2.24, 2.45) is 0 Å². The molecule has 104 valence electrons. The van der Waals surface area contributed by atoms with E-state index in [-0.39, 0.29) is 12.2 Å². The Balaban J connectivity index is 1.89. The van der Waals surface area contributed by atoms with Gasteiger partial charge in [-0.05, 0) is 25.0 Å². The first kappa shape index (κ1) is 14.3. The van der Waals surface area contributed by atoms with Gasteiger partial charge in [-0.15, -0.1) is 11.6 Å². The highest BCUT2D eigenvalue weighted by Gasteiger charge is 2.18. The second-order valence-electron chi connectivity index (χ2n) is 4.39. The highest BCUT2D eigenvalue weighted by molar-refractivity contribution is 6.17. The summed E-state index contributed by atoms with van der Waals surface area (Å²) in [6.45, 7) is 1.22. The fourth-order valence-electron chi connectivity index (χ4n) is 1.92. The maximum atomic E-state index is 11.7. The molecule has 1 saturated heterocycles. The van der Waals surface area contributed by atoms with Crippen LogP contribution < -0.4 is 5.32 Å². The lowest BCUT2D eigenvalue weighted by Gasteiger charge is -2.11. The maximum Gasteiger partial charge on any atom is 0.224 e. The quantitative estimate of drug-likeness (QED) is 0.645. The number of unbranched alkanes of at least 4 members (excludes halogenated alkanes) is 1. The zero-order valence-corrected chi connectivity index (χ0v) is 11.5. The lowest BCUT2D eigenvalue weighted by molar-refractivity contribution is -0.116. The van der Waals surface area contributed by atoms with Gasteiger partial charge >= 0.3 is 0 Å². The number of alkyl halides is 1. The minimum Gasteiger partial charge on any atom is -0.346 e. The van der Waals surface area contributed by atoms with E-state index in [0.717, 1.165) is 24.1 Å². The molecule has 0 saturated carbocycles. The summed E-state index contributed by atoms with van der Waals surface area (Å²) in [5.74, 6) is 0.606. The molecule has 0 spiro atoms. The highest BCUT2D eigenvalue weighted by Crippen LogP contribution is 2.25. The van der Waals surface area contributed by atoms with E-state index in [4.69, 9.17) is 21.1 Å². The van der Waals surface area contributed by atoms with Crippen molar-refractivity contribution in [2.45, 2.75) is 25.6 Å². The molecule has 4 nitrogen and oxygen atoms in total. The molecule has 1 fully saturated rings. The fraction of sp³-hybridized carbons (Fsp3) is 0.500. The summed E-state index contributed by atoms with van der Waals surface area (Å²) in [4.78, 5) is 11.7. The van der Waals surface area contributed by atoms with E-state index in [9.17, 15) is 4.79 Å². The van der Waals surface area contributed by atoms with Crippen molar-refractivity contribution in [1.29, 1.82) is 0 Å². The number of anilines is 1. The number of carbonyl (C=O) groups excluding carboxylic acids is 1. The summed E-state index contributed by atoms with van der Waals surface area (Å²) in [6, 6.07) is 7.56. The van der Waals surface area contributed by atoms with Crippen LogP contribution in [0.1, 0.15) is 31.1 Å². The minimum absolute atomic E-state index is 0.00975. The van der Waals surface area contributed by atoms with Gasteiger partial charge in [-0.3, -0.25) is 4.79 Å². The van der Waals surface area contributed by atoms with Gasteiger partial charge in [0, 0.05) is 23.6 Å². The minimum atomic E-state index is -0.312. The third kappa shape index (κ3) is 4.49. The molecule has 0 aliphatic carbocycles. The lowest BCUT2D eigenvalue weighted by Crippen LogP contribution is -2.11. The maximum absolute atomic E-state index is 11.7. The van der Waals surface area contributed by atoms with Gasteiger partial charge < -0.3 is 14.8 Å². The number of hydrogen-bond acceptors (Lipinski definition) is 3. The topological polar surface area (TPSA) is 47.6 Å². The van der Waals surface area contributed by atoms with Gasteiger partial charge in [0.1, 0.15) is 0 Å². The normalized spacial score (nSPS) is 15.6. The molecule has 5 heteroatoms. The molecule has 1 amide bonds. The van der Waals surface area contributed by atoms with Crippen LogP contribution in [0.25, 0.3) is 0 Å². The molecule has 0 unspecified atom stereocenters. The average Bonchev–Trinajstić information content (AvgIpc) is 2.93. The highest BCUT2D eigenvalue weighted by atomic mass is 35.5. The first-order valence-corrected chi connectivity index (χ1v) is 7.02. The SMILES string of the molecule is O=C(CCCCCl)Nc1cccc(C2OCCO2)c1. The van der Waals surface area contributed by atoms with Crippen LogP contribution in [0.5, 0.6) is 0 Å². The van der Waals surface area contributed by atoms with E-state index in [1.54, 1.807) is 0 Å². The molecule has 1 aromatic carbocycles. The third-order valence-electron chi connectivity index (χ3n) is 2.85. The average molecular weight is 284 g/mol. The molecule has 0 bridgehead atoms. The lowest BCUT2D eigenvalue weighted by atomic mass is 10.2. The Morgan fingerprint density at radius 2 is 2.11 bits per heavy atom. The van der Waals surface area contributed by atoms with Crippen LogP contribution in [0.3, 0.4) is 0 Å². The Morgan fingerprint density at radius 3 is 2.84 bits per heavy atom. The second-order valence-corrected chi connectivity index (χ2v) is 4.77. The smallest absolute Gasteiger partial charge is 0.224 e. The van der Waals surface area contributed by atoms with Gasteiger partial charge in [-0.1, -0.05) is 12.1 Å². The Labute approximate surface area is 118 Å². The van der Waals surface area contributed by atoms with Crippen molar-refractivity contribution in [1.82, 2.24) is 0 Å². The third-order valence-corrected chi connectivity index (χ3v) is 3.12. The molecule has 0 atom stereocenters. The van der Waals surface area contributed by atoms with Crippen LogP contribution >= 0.6 is 11.6 Å². The van der Waals surface area contributed by atoms with Gasteiger partial charge in [0.2, 0.25) is 5.91 Å². The summed E-state index contributed by atoms with van der Waals surface area (Å²) in [5.41, 5.74) is 1.70. The van der Waals surface area contributed by atoms with Crippen molar-refractivity contribution in [2.75, 3.05) is 24.4 Å². The summed E-state index contributed by atoms with van der Waals surface area (Å²) in [7, 11) is 0. The van der Waals surface area contributed by atoms with Crippen LogP contribution in [-0.2, 0) is 14.3 Å². The van der Waals surface area contributed by atoms with Crippen molar-refractivity contribution in [3.05, 3.63) is 29.8 Å². The van der Waals surface area contributed by atoms with E-state index in [2.05, 4.69) is 5.32 Å². The van der Waals surface area contributed by atoms with Crippen LogP contribution in [0.15, 0.2) is 24.3 Å². The van der Waals surface area contributed by atoms with E-state index >= 15 is 0 Å². The standard InChI is InChI=1S/C14H18ClNO3/c15-7-2-1-6-13(17)16-12-5-3-4-11(10-12)14-18-8-9-19-14/h3-5,10,14H,1-2,6-9H2,(H,16,17). The predicted octanol–water partition coefficient (Wildman–Crippen LogP) is 3.08. The molecule has 1 aliphatic heterocycles. The van der Waals surface area contributed by atoms with Gasteiger partial charge in [0.15, 0.2) is 6.29 Å². The van der Waals surface area contributed by atoms with E-state index in [0.29, 0.717) is 25.5 Å². The number of rotatable bonds is 6. The molecule has 1 N–H and O–H groups in total. The number of hydrogen-bond donors (Lipinski definition) is 1. The molecule has 0 aromatic heterocycles. The number of ether oxygens (including phenoxy) is 2. The Morgan fingerprint density at radius 1 is 1.32 bits per heavy atom. The number of nitrogens with one attached hydrogen (secondary N) is 1. The molecule has 1 aromatic rings. The van der Waals surface area contributed by atoms with Gasteiger partial charge in [0.05, 0.1) is 13.2 Å². The summed E-state index contributed by atoms with van der Waals surface area (Å²) in [6.07, 6.45) is 1.85. The molecule has 2 rings (SSSR count). The molecular formula is C14H18ClNO3. The Hall–Kier alpha value is -1.10. The molecular weight excluding hydrogens is 266 g/mol. The van der Waals surface area contributed by atoms with Crippen molar-refractivity contribution in [3.8, 4) is 0 Å². The van der Waals surface area contributed by atoms with E-state index in [1.165, 1.54) is 0 Å².